The minimum Gasteiger partial charge on any atom is -0.487 e. The molecule has 0 fully saturated rings. The number of nitrogens with zero attached hydrogens (tertiary/aromatic N) is 1. The average molecular weight is 515 g/mol. The molecule has 4 aromatic rings. The van der Waals surface area contributed by atoms with Gasteiger partial charge in [-0.1, -0.05) is 63.2 Å². The summed E-state index contributed by atoms with van der Waals surface area (Å²) in [6.07, 6.45) is 4.70. The van der Waals surface area contributed by atoms with Crippen LogP contribution < -0.4 is 4.74 Å². The van der Waals surface area contributed by atoms with E-state index in [0.717, 1.165) is 49.6 Å². The summed E-state index contributed by atoms with van der Waals surface area (Å²) in [6.45, 7) is 12.8. The highest BCUT2D eigenvalue weighted by atomic mass is 32.2. The molecule has 4 rings (SSSR count). The van der Waals surface area contributed by atoms with Crippen molar-refractivity contribution in [1.29, 1.82) is 0 Å². The Hall–Kier alpha value is -3.51. The number of aryl methyl sites for hydroxylation is 1. The van der Waals surface area contributed by atoms with Gasteiger partial charge in [0.2, 0.25) is 0 Å². The van der Waals surface area contributed by atoms with Crippen molar-refractivity contribution in [3.05, 3.63) is 102 Å². The lowest BCUT2D eigenvalue weighted by atomic mass is 9.95. The number of benzene rings is 2. The molecule has 192 valence electrons. The molecule has 0 aliphatic rings. The molecule has 5 nitrogen and oxygen atoms in total. The number of aromatic amines is 1. The number of fused-ring (bicyclic) bond motifs is 1. The molecule has 2 aromatic heterocycles. The number of H-pyrrole nitrogens is 1. The van der Waals surface area contributed by atoms with E-state index in [4.69, 9.17) is 4.74 Å². The second-order valence-corrected chi connectivity index (χ2v) is 12.1. The Bertz CT molecular complexity index is 1390. The lowest BCUT2D eigenvalue weighted by molar-refractivity contribution is -0.138. The molecule has 1 atom stereocenters. The van der Waals surface area contributed by atoms with E-state index < -0.39 is 11.9 Å². The van der Waals surface area contributed by atoms with Gasteiger partial charge < -0.3 is 14.8 Å². The number of allylic oxidation sites excluding steroid dienone is 1. The number of carboxylic acids is 1. The number of rotatable bonds is 10. The quantitative estimate of drug-likeness (QED) is 0.169. The molecule has 1 unspecified atom stereocenters. The molecule has 0 bridgehead atoms. The van der Waals surface area contributed by atoms with Gasteiger partial charge >= 0.3 is 5.97 Å². The summed E-state index contributed by atoms with van der Waals surface area (Å²) in [5.74, 6) is -0.804. The maximum Gasteiger partial charge on any atom is 0.312 e. The average Bonchev–Trinajstić information content (AvgIpc) is 3.20. The fourth-order valence-corrected chi connectivity index (χ4v) is 5.62. The van der Waals surface area contributed by atoms with Crippen LogP contribution in [0.15, 0.2) is 78.3 Å². The van der Waals surface area contributed by atoms with E-state index in [-0.39, 0.29) is 4.75 Å². The maximum absolute atomic E-state index is 12.6. The van der Waals surface area contributed by atoms with Crippen LogP contribution in [0.1, 0.15) is 54.8 Å². The van der Waals surface area contributed by atoms with Crippen molar-refractivity contribution < 1.29 is 14.6 Å². The Morgan fingerprint density at radius 2 is 1.92 bits per heavy atom. The molecule has 0 saturated heterocycles. The molecule has 0 saturated carbocycles. The lowest BCUT2D eigenvalue weighted by Gasteiger charge is -2.21. The van der Waals surface area contributed by atoms with Gasteiger partial charge in [0.05, 0.1) is 5.69 Å². The number of ether oxygens (including phenoxy) is 1. The third kappa shape index (κ3) is 6.44. The van der Waals surface area contributed by atoms with E-state index in [1.807, 2.05) is 73.8 Å². The number of nitrogens with one attached hydrogen (secondary N) is 1. The van der Waals surface area contributed by atoms with E-state index >= 15 is 0 Å². The van der Waals surface area contributed by atoms with Gasteiger partial charge in [-0.15, -0.1) is 18.3 Å². The second kappa shape index (κ2) is 11.3. The molecule has 0 spiro atoms. The monoisotopic (exact) mass is 514 g/mol. The van der Waals surface area contributed by atoms with Gasteiger partial charge in [-0.3, -0.25) is 9.78 Å². The van der Waals surface area contributed by atoms with Crippen molar-refractivity contribution >= 4 is 28.6 Å². The van der Waals surface area contributed by atoms with Crippen molar-refractivity contribution in [3.8, 4) is 5.75 Å². The van der Waals surface area contributed by atoms with Crippen molar-refractivity contribution in [1.82, 2.24) is 9.97 Å². The van der Waals surface area contributed by atoms with Crippen LogP contribution in [-0.2, 0) is 24.2 Å². The molecule has 37 heavy (non-hydrogen) atoms. The van der Waals surface area contributed by atoms with E-state index in [1.165, 1.54) is 0 Å². The fraction of sp³-hybridized carbons (Fsp3) is 0.290. The number of carboxylic acid groups (broad SMARTS) is 1. The first-order valence-electron chi connectivity index (χ1n) is 12.4. The van der Waals surface area contributed by atoms with Gasteiger partial charge in [0.1, 0.15) is 18.3 Å². The number of aliphatic carboxylic acids is 1. The molecule has 0 radical (unpaired) electrons. The molecule has 0 aliphatic carbocycles. The molecular formula is C31H34N2O3S. The number of hydrogen-bond donors (Lipinski definition) is 2. The normalized spacial score (nSPS) is 12.4. The minimum absolute atomic E-state index is 0.131. The highest BCUT2D eigenvalue weighted by Gasteiger charge is 2.30. The van der Waals surface area contributed by atoms with E-state index in [1.54, 1.807) is 11.8 Å². The van der Waals surface area contributed by atoms with Crippen molar-refractivity contribution in [2.45, 2.75) is 62.7 Å². The first-order chi connectivity index (χ1) is 17.7. The maximum atomic E-state index is 12.6. The van der Waals surface area contributed by atoms with Crippen LogP contribution in [0.5, 0.6) is 5.75 Å². The van der Waals surface area contributed by atoms with Gasteiger partial charge in [-0.2, -0.15) is 0 Å². The van der Waals surface area contributed by atoms with Crippen LogP contribution in [0.3, 0.4) is 0 Å². The predicted molar refractivity (Wildman–Crippen MR) is 152 cm³/mol. The van der Waals surface area contributed by atoms with Crippen LogP contribution in [0.4, 0.5) is 0 Å². The summed E-state index contributed by atoms with van der Waals surface area (Å²) in [5, 5.41) is 11.3. The van der Waals surface area contributed by atoms with Gasteiger partial charge in [0.15, 0.2) is 0 Å². The van der Waals surface area contributed by atoms with Crippen LogP contribution in [0, 0.1) is 6.92 Å². The Balaban J connectivity index is 1.83. The summed E-state index contributed by atoms with van der Waals surface area (Å²) in [6, 6.07) is 17.7. The molecule has 2 N–H and O–H groups in total. The number of thioether (sulfide) groups is 1. The molecule has 0 aliphatic heterocycles. The first kappa shape index (κ1) is 26.6. The van der Waals surface area contributed by atoms with Crippen LogP contribution >= 0.6 is 11.8 Å². The Labute approximate surface area is 223 Å². The van der Waals surface area contributed by atoms with Gasteiger partial charge in [-0.05, 0) is 49.1 Å². The largest absolute Gasteiger partial charge is 0.487 e. The topological polar surface area (TPSA) is 75.2 Å². The molecule has 6 heteroatoms. The summed E-state index contributed by atoms with van der Waals surface area (Å²) in [5.41, 5.74) is 5.57. The van der Waals surface area contributed by atoms with Crippen LogP contribution in [0.2, 0.25) is 0 Å². The van der Waals surface area contributed by atoms with Crippen molar-refractivity contribution in [2.24, 2.45) is 0 Å². The predicted octanol–water partition coefficient (Wildman–Crippen LogP) is 7.48. The zero-order valence-electron chi connectivity index (χ0n) is 21.9. The second-order valence-electron chi connectivity index (χ2n) is 10.2. The van der Waals surface area contributed by atoms with Gasteiger partial charge in [0.25, 0.3) is 0 Å². The van der Waals surface area contributed by atoms with E-state index in [2.05, 4.69) is 37.3 Å². The number of carbonyl (C=O) groups is 1. The Morgan fingerprint density at radius 3 is 2.54 bits per heavy atom. The standard InChI is InChI=1S/C31H34N2O3S/c1-6-10-23-26(36-19-22-14-13-20(2)18-32-22)16-15-25-27(23)29(37-31(3,4)5)28(33-25)24(30(34)35)17-21-11-8-7-9-12-21/h6-9,11-16,18,24,33H,1,10,17,19H2,2-5H3,(H,34,35). The number of pyridine rings is 1. The summed E-state index contributed by atoms with van der Waals surface area (Å²) in [4.78, 5) is 21.5. The lowest BCUT2D eigenvalue weighted by Crippen LogP contribution is -2.17. The summed E-state index contributed by atoms with van der Waals surface area (Å²) in [7, 11) is 0. The minimum atomic E-state index is -0.849. The van der Waals surface area contributed by atoms with Crippen molar-refractivity contribution in [2.75, 3.05) is 0 Å². The van der Waals surface area contributed by atoms with Crippen LogP contribution in [-0.4, -0.2) is 25.8 Å². The molecular weight excluding hydrogens is 480 g/mol. The number of aromatic nitrogens is 2. The summed E-state index contributed by atoms with van der Waals surface area (Å²) < 4.78 is 6.14. The summed E-state index contributed by atoms with van der Waals surface area (Å²) >= 11 is 1.69. The Kier molecular flexibility index (Phi) is 8.08. The van der Waals surface area contributed by atoms with E-state index in [0.29, 0.717) is 19.4 Å². The zero-order chi connectivity index (χ0) is 26.6. The number of hydrogen-bond acceptors (Lipinski definition) is 4. The molecule has 2 aromatic carbocycles. The van der Waals surface area contributed by atoms with Gasteiger partial charge in [0, 0.05) is 38.0 Å². The fourth-order valence-electron chi connectivity index (χ4n) is 4.37. The third-order valence-corrected chi connectivity index (χ3v) is 7.29. The van der Waals surface area contributed by atoms with Crippen LogP contribution in [0.25, 0.3) is 10.9 Å². The molecule has 0 amide bonds. The Morgan fingerprint density at radius 1 is 1.16 bits per heavy atom. The zero-order valence-corrected chi connectivity index (χ0v) is 22.7. The highest BCUT2D eigenvalue weighted by molar-refractivity contribution is 8.00. The van der Waals surface area contributed by atoms with Crippen molar-refractivity contribution in [3.63, 3.8) is 0 Å². The van der Waals surface area contributed by atoms with Gasteiger partial charge in [-0.25, -0.2) is 0 Å². The van der Waals surface area contributed by atoms with E-state index in [9.17, 15) is 9.90 Å². The third-order valence-electron chi connectivity index (χ3n) is 6.05. The smallest absolute Gasteiger partial charge is 0.312 e. The first-order valence-corrected chi connectivity index (χ1v) is 13.3. The SMILES string of the molecule is C=CCc1c(OCc2ccc(C)cn2)ccc2[nH]c(C(Cc3ccccc3)C(=O)O)c(SC(C)(C)C)c12. The highest BCUT2D eigenvalue weighted by Crippen LogP contribution is 2.45. The molecule has 2 heterocycles.